The lowest BCUT2D eigenvalue weighted by atomic mass is 10.2. The zero-order chi connectivity index (χ0) is 12.5. The van der Waals surface area contributed by atoms with Crippen molar-refractivity contribution in [1.29, 1.82) is 0 Å². The Hall–Kier alpha value is -1.32. The van der Waals surface area contributed by atoms with Gasteiger partial charge in [0.05, 0.1) is 0 Å². The lowest BCUT2D eigenvalue weighted by Gasteiger charge is -2.14. The molecule has 0 atom stereocenters. The Morgan fingerprint density at radius 3 is 2.76 bits per heavy atom. The van der Waals surface area contributed by atoms with E-state index in [-0.39, 0.29) is 5.91 Å². The van der Waals surface area contributed by atoms with E-state index in [1.165, 1.54) is 6.08 Å². The molecule has 1 aliphatic rings. The minimum absolute atomic E-state index is 0.104. The Kier molecular flexibility index (Phi) is 6.37. The van der Waals surface area contributed by atoms with Crippen LogP contribution in [0.1, 0.15) is 38.5 Å². The third kappa shape index (κ3) is 5.52. The molecule has 1 aliphatic heterocycles. The summed E-state index contributed by atoms with van der Waals surface area (Å²) in [5.41, 5.74) is 0. The van der Waals surface area contributed by atoms with E-state index in [0.29, 0.717) is 12.5 Å². The molecule has 1 saturated heterocycles. The molecule has 0 unspecified atom stereocenters. The van der Waals surface area contributed by atoms with Gasteiger partial charge in [-0.2, -0.15) is 0 Å². The highest BCUT2D eigenvalue weighted by molar-refractivity contribution is 5.86. The van der Waals surface area contributed by atoms with Crippen molar-refractivity contribution in [2.75, 3.05) is 19.6 Å². The summed E-state index contributed by atoms with van der Waals surface area (Å²) in [6, 6.07) is 0. The Balaban J connectivity index is 1.89. The molecular weight excluding hydrogens is 216 g/mol. The number of likely N-dealkylation sites (tertiary alicyclic amines) is 1. The normalized spacial score (nSPS) is 15.1. The molecule has 4 nitrogen and oxygen atoms in total. The van der Waals surface area contributed by atoms with Crippen molar-refractivity contribution in [2.24, 2.45) is 0 Å². The van der Waals surface area contributed by atoms with E-state index in [1.807, 2.05) is 4.90 Å². The molecule has 0 radical (unpaired) electrons. The van der Waals surface area contributed by atoms with E-state index in [9.17, 15) is 9.59 Å². The van der Waals surface area contributed by atoms with E-state index in [4.69, 9.17) is 0 Å². The molecule has 96 valence electrons. The van der Waals surface area contributed by atoms with Crippen molar-refractivity contribution >= 4 is 11.8 Å². The van der Waals surface area contributed by atoms with Gasteiger partial charge in [-0.25, -0.2) is 0 Å². The number of hydrogen-bond donors (Lipinski definition) is 1. The molecule has 1 rings (SSSR count). The lowest BCUT2D eigenvalue weighted by molar-refractivity contribution is -0.127. The molecular formula is C13H22N2O2. The van der Waals surface area contributed by atoms with Gasteiger partial charge in [-0.05, 0) is 25.3 Å². The van der Waals surface area contributed by atoms with E-state index < -0.39 is 0 Å². The maximum absolute atomic E-state index is 11.3. The number of hydrogen-bond acceptors (Lipinski definition) is 2. The summed E-state index contributed by atoms with van der Waals surface area (Å²) in [5.74, 6) is 0.205. The quantitative estimate of drug-likeness (QED) is 0.514. The molecule has 1 heterocycles. The van der Waals surface area contributed by atoms with Crippen LogP contribution in [0.2, 0.25) is 0 Å². The van der Waals surface area contributed by atoms with E-state index in [0.717, 1.165) is 51.6 Å². The van der Waals surface area contributed by atoms with Crippen LogP contribution in [-0.4, -0.2) is 36.3 Å². The molecule has 0 saturated carbocycles. The van der Waals surface area contributed by atoms with Gasteiger partial charge in [-0.3, -0.25) is 9.59 Å². The first-order valence-corrected chi connectivity index (χ1v) is 6.42. The summed E-state index contributed by atoms with van der Waals surface area (Å²) in [5, 5.41) is 2.75. The smallest absolute Gasteiger partial charge is 0.243 e. The first-order chi connectivity index (χ1) is 8.24. The second-order valence-corrected chi connectivity index (χ2v) is 4.39. The summed E-state index contributed by atoms with van der Waals surface area (Å²) in [7, 11) is 0. The van der Waals surface area contributed by atoms with Gasteiger partial charge < -0.3 is 10.2 Å². The standard InChI is InChI=1S/C13H22N2O2/c1-2-12(16)14-9-5-3-4-6-10-15-11-7-8-13(15)17/h2H,1,3-11H2,(H,14,16). The van der Waals surface area contributed by atoms with Gasteiger partial charge in [-0.15, -0.1) is 0 Å². The van der Waals surface area contributed by atoms with Crippen molar-refractivity contribution in [3.05, 3.63) is 12.7 Å². The number of amides is 2. The highest BCUT2D eigenvalue weighted by Crippen LogP contribution is 2.11. The topological polar surface area (TPSA) is 49.4 Å². The zero-order valence-corrected chi connectivity index (χ0v) is 10.4. The highest BCUT2D eigenvalue weighted by Gasteiger charge is 2.18. The zero-order valence-electron chi connectivity index (χ0n) is 10.4. The molecule has 0 aromatic rings. The summed E-state index contributed by atoms with van der Waals surface area (Å²) in [6.45, 7) is 5.95. The number of nitrogens with one attached hydrogen (secondary N) is 1. The van der Waals surface area contributed by atoms with Gasteiger partial charge in [0.25, 0.3) is 0 Å². The first-order valence-electron chi connectivity index (χ1n) is 6.42. The van der Waals surface area contributed by atoms with Gasteiger partial charge in [0.1, 0.15) is 0 Å². The fourth-order valence-corrected chi connectivity index (χ4v) is 2.01. The Bertz CT molecular complexity index is 277. The fraction of sp³-hybridized carbons (Fsp3) is 0.692. The predicted octanol–water partition coefficient (Wildman–Crippen LogP) is 1.47. The average molecular weight is 238 g/mol. The van der Waals surface area contributed by atoms with Crippen LogP contribution in [0.4, 0.5) is 0 Å². The SMILES string of the molecule is C=CC(=O)NCCCCCCN1CCCC1=O. The third-order valence-corrected chi connectivity index (χ3v) is 3.01. The van der Waals surface area contributed by atoms with Crippen molar-refractivity contribution in [1.82, 2.24) is 10.2 Å². The number of rotatable bonds is 8. The molecule has 0 aromatic carbocycles. The summed E-state index contributed by atoms with van der Waals surface area (Å²) in [6.07, 6.45) is 7.32. The lowest BCUT2D eigenvalue weighted by Crippen LogP contribution is -2.25. The van der Waals surface area contributed by atoms with E-state index in [2.05, 4.69) is 11.9 Å². The summed E-state index contributed by atoms with van der Waals surface area (Å²) in [4.78, 5) is 24.1. The summed E-state index contributed by atoms with van der Waals surface area (Å²) < 4.78 is 0. The van der Waals surface area contributed by atoms with E-state index >= 15 is 0 Å². The number of carbonyl (C=O) groups is 2. The Labute approximate surface area is 103 Å². The van der Waals surface area contributed by atoms with Crippen LogP contribution >= 0.6 is 0 Å². The second-order valence-electron chi connectivity index (χ2n) is 4.39. The molecule has 1 N–H and O–H groups in total. The summed E-state index contributed by atoms with van der Waals surface area (Å²) >= 11 is 0. The van der Waals surface area contributed by atoms with Crippen molar-refractivity contribution in [3.8, 4) is 0 Å². The molecule has 2 amide bonds. The maximum Gasteiger partial charge on any atom is 0.243 e. The van der Waals surface area contributed by atoms with Crippen LogP contribution in [-0.2, 0) is 9.59 Å². The predicted molar refractivity (Wildman–Crippen MR) is 67.5 cm³/mol. The van der Waals surface area contributed by atoms with Gasteiger partial charge in [0.2, 0.25) is 11.8 Å². The Morgan fingerprint density at radius 2 is 2.12 bits per heavy atom. The van der Waals surface area contributed by atoms with Gasteiger partial charge >= 0.3 is 0 Å². The number of nitrogens with zero attached hydrogens (tertiary/aromatic N) is 1. The Morgan fingerprint density at radius 1 is 1.35 bits per heavy atom. The van der Waals surface area contributed by atoms with Crippen LogP contribution in [0.3, 0.4) is 0 Å². The minimum atomic E-state index is -0.104. The van der Waals surface area contributed by atoms with Gasteiger partial charge in [0.15, 0.2) is 0 Å². The first kappa shape index (κ1) is 13.7. The van der Waals surface area contributed by atoms with Crippen LogP contribution in [0.15, 0.2) is 12.7 Å². The average Bonchev–Trinajstić information content (AvgIpc) is 2.73. The molecule has 4 heteroatoms. The number of unbranched alkanes of at least 4 members (excludes halogenated alkanes) is 3. The van der Waals surface area contributed by atoms with Crippen LogP contribution in [0.5, 0.6) is 0 Å². The van der Waals surface area contributed by atoms with Crippen molar-refractivity contribution < 1.29 is 9.59 Å². The van der Waals surface area contributed by atoms with E-state index in [1.54, 1.807) is 0 Å². The molecule has 0 aliphatic carbocycles. The largest absolute Gasteiger partial charge is 0.353 e. The second kappa shape index (κ2) is 7.87. The maximum atomic E-state index is 11.3. The molecule has 0 spiro atoms. The molecule has 17 heavy (non-hydrogen) atoms. The van der Waals surface area contributed by atoms with Crippen LogP contribution < -0.4 is 5.32 Å². The number of carbonyl (C=O) groups excluding carboxylic acids is 2. The van der Waals surface area contributed by atoms with Crippen LogP contribution in [0.25, 0.3) is 0 Å². The minimum Gasteiger partial charge on any atom is -0.353 e. The molecule has 0 aromatic heterocycles. The van der Waals surface area contributed by atoms with Gasteiger partial charge in [-0.1, -0.05) is 19.4 Å². The monoisotopic (exact) mass is 238 g/mol. The van der Waals surface area contributed by atoms with Crippen molar-refractivity contribution in [2.45, 2.75) is 38.5 Å². The van der Waals surface area contributed by atoms with Crippen LogP contribution in [0, 0.1) is 0 Å². The highest BCUT2D eigenvalue weighted by atomic mass is 16.2. The van der Waals surface area contributed by atoms with Gasteiger partial charge in [0, 0.05) is 26.1 Å². The third-order valence-electron chi connectivity index (χ3n) is 3.01. The molecule has 0 bridgehead atoms. The van der Waals surface area contributed by atoms with Crippen molar-refractivity contribution in [3.63, 3.8) is 0 Å². The fourth-order valence-electron chi connectivity index (χ4n) is 2.01. The molecule has 1 fully saturated rings.